The highest BCUT2D eigenvalue weighted by Crippen LogP contribution is 2.27. The molecule has 0 aliphatic carbocycles. The highest BCUT2D eigenvalue weighted by Gasteiger charge is 2.20. The Kier molecular flexibility index (Phi) is 5.08. The first-order chi connectivity index (χ1) is 8.86. The smallest absolute Gasteiger partial charge is 0.257 e. The Morgan fingerprint density at radius 3 is 2.30 bits per heavy atom. The van der Waals surface area contributed by atoms with Gasteiger partial charge in [-0.2, -0.15) is 0 Å². The van der Waals surface area contributed by atoms with Gasteiger partial charge in [0.15, 0.2) is 0 Å². The molecule has 0 spiro atoms. The Bertz CT molecular complexity index is 589. The summed E-state index contributed by atoms with van der Waals surface area (Å²) in [6, 6.07) is 6.73. The summed E-state index contributed by atoms with van der Waals surface area (Å²) in [6.45, 7) is 6.16. The van der Waals surface area contributed by atoms with Gasteiger partial charge in [0.05, 0.1) is 0 Å². The van der Waals surface area contributed by atoms with Gasteiger partial charge in [0, 0.05) is 16.7 Å². The molecule has 0 bridgehead atoms. The molecule has 0 aliphatic rings. The molecule has 1 heterocycles. The number of amides is 1. The van der Waals surface area contributed by atoms with Crippen LogP contribution in [0.2, 0.25) is 0 Å². The minimum atomic E-state index is -0.211. The first kappa shape index (κ1) is 16.4. The minimum Gasteiger partial charge on any atom is -0.399 e. The molecule has 1 aromatic heterocycles. The SMILES string of the molecule is CC(C)(C)c1nnc(NC(=O)c2ccc(N)cc2)s1.Cl. The highest BCUT2D eigenvalue weighted by molar-refractivity contribution is 7.15. The van der Waals surface area contributed by atoms with Crippen molar-refractivity contribution in [1.29, 1.82) is 0 Å². The second kappa shape index (κ2) is 6.19. The quantitative estimate of drug-likeness (QED) is 0.835. The summed E-state index contributed by atoms with van der Waals surface area (Å²) in [5.74, 6) is -0.211. The average Bonchev–Trinajstić information content (AvgIpc) is 2.78. The number of carbonyl (C=O) groups excluding carboxylic acids is 1. The maximum atomic E-state index is 12.0. The summed E-state index contributed by atoms with van der Waals surface area (Å²) in [6.07, 6.45) is 0. The fourth-order valence-electron chi connectivity index (χ4n) is 1.38. The summed E-state index contributed by atoms with van der Waals surface area (Å²) in [4.78, 5) is 12.0. The van der Waals surface area contributed by atoms with Gasteiger partial charge in [-0.3, -0.25) is 10.1 Å². The average molecular weight is 313 g/mol. The van der Waals surface area contributed by atoms with E-state index in [0.29, 0.717) is 16.4 Å². The van der Waals surface area contributed by atoms with Crippen molar-refractivity contribution in [2.75, 3.05) is 11.1 Å². The largest absolute Gasteiger partial charge is 0.399 e. The molecule has 7 heteroatoms. The molecule has 1 aromatic carbocycles. The van der Waals surface area contributed by atoms with Crippen LogP contribution >= 0.6 is 23.7 Å². The van der Waals surface area contributed by atoms with Gasteiger partial charge in [-0.25, -0.2) is 0 Å². The minimum absolute atomic E-state index is 0. The van der Waals surface area contributed by atoms with Gasteiger partial charge in [-0.05, 0) is 24.3 Å². The van der Waals surface area contributed by atoms with Crippen molar-refractivity contribution in [3.63, 3.8) is 0 Å². The van der Waals surface area contributed by atoms with Gasteiger partial charge in [0.2, 0.25) is 5.13 Å². The third kappa shape index (κ3) is 3.91. The number of nitrogens with zero attached hydrogens (tertiary/aromatic N) is 2. The van der Waals surface area contributed by atoms with Crippen LogP contribution in [0.25, 0.3) is 0 Å². The molecule has 0 atom stereocenters. The number of nitrogen functional groups attached to an aromatic ring is 1. The van der Waals surface area contributed by atoms with Crippen molar-refractivity contribution < 1.29 is 4.79 Å². The number of carbonyl (C=O) groups is 1. The van der Waals surface area contributed by atoms with Gasteiger partial charge >= 0.3 is 0 Å². The van der Waals surface area contributed by atoms with Gasteiger partial charge < -0.3 is 5.73 Å². The third-order valence-electron chi connectivity index (χ3n) is 2.46. The van der Waals surface area contributed by atoms with E-state index in [2.05, 4.69) is 36.3 Å². The van der Waals surface area contributed by atoms with Crippen LogP contribution in [0.1, 0.15) is 36.1 Å². The Hall–Kier alpha value is -1.66. The van der Waals surface area contributed by atoms with Crippen LogP contribution in [0.3, 0.4) is 0 Å². The topological polar surface area (TPSA) is 80.9 Å². The van der Waals surface area contributed by atoms with Crippen LogP contribution in [0.15, 0.2) is 24.3 Å². The number of hydrogen-bond donors (Lipinski definition) is 2. The van der Waals surface area contributed by atoms with Crippen molar-refractivity contribution in [2.24, 2.45) is 0 Å². The lowest BCUT2D eigenvalue weighted by molar-refractivity contribution is 0.102. The molecule has 5 nitrogen and oxygen atoms in total. The molecule has 2 aromatic rings. The molecule has 108 valence electrons. The van der Waals surface area contributed by atoms with Crippen molar-refractivity contribution in [1.82, 2.24) is 10.2 Å². The number of halogens is 1. The number of benzene rings is 1. The zero-order valence-corrected chi connectivity index (χ0v) is 13.1. The van der Waals surface area contributed by atoms with Crippen molar-refractivity contribution >= 4 is 40.5 Å². The number of anilines is 2. The van der Waals surface area contributed by atoms with Gasteiger partial charge in [-0.1, -0.05) is 32.1 Å². The summed E-state index contributed by atoms with van der Waals surface area (Å²) >= 11 is 1.39. The van der Waals surface area contributed by atoms with Crippen LogP contribution in [0, 0.1) is 0 Å². The van der Waals surface area contributed by atoms with Crippen LogP contribution in [0.4, 0.5) is 10.8 Å². The van der Waals surface area contributed by atoms with E-state index in [-0.39, 0.29) is 23.7 Å². The van der Waals surface area contributed by atoms with Crippen molar-refractivity contribution in [3.05, 3.63) is 34.8 Å². The monoisotopic (exact) mass is 312 g/mol. The molecule has 0 saturated carbocycles. The van der Waals surface area contributed by atoms with E-state index in [1.807, 2.05) is 0 Å². The number of nitrogens with two attached hydrogens (primary N) is 1. The highest BCUT2D eigenvalue weighted by atomic mass is 35.5. The first-order valence-corrected chi connectivity index (χ1v) is 6.69. The van der Waals surface area contributed by atoms with Gasteiger partial charge in [-0.15, -0.1) is 22.6 Å². The molecule has 0 aliphatic heterocycles. The normalized spacial score (nSPS) is 10.8. The lowest BCUT2D eigenvalue weighted by Gasteiger charge is -2.12. The second-order valence-electron chi connectivity index (χ2n) is 5.24. The van der Waals surface area contributed by atoms with Gasteiger partial charge in [0.25, 0.3) is 5.91 Å². The van der Waals surface area contributed by atoms with E-state index < -0.39 is 0 Å². The van der Waals surface area contributed by atoms with E-state index in [4.69, 9.17) is 5.73 Å². The Labute approximate surface area is 128 Å². The fourth-order valence-corrected chi connectivity index (χ4v) is 2.18. The molecule has 0 unspecified atom stereocenters. The Morgan fingerprint density at radius 2 is 1.80 bits per heavy atom. The lowest BCUT2D eigenvalue weighted by atomic mass is 9.98. The number of hydrogen-bond acceptors (Lipinski definition) is 5. The zero-order chi connectivity index (χ0) is 14.0. The Morgan fingerprint density at radius 1 is 1.20 bits per heavy atom. The molecule has 0 fully saturated rings. The molecule has 3 N–H and O–H groups in total. The molecule has 0 radical (unpaired) electrons. The fraction of sp³-hybridized carbons (Fsp3) is 0.308. The summed E-state index contributed by atoms with van der Waals surface area (Å²) in [7, 11) is 0. The Balaban J connectivity index is 0.00000200. The number of nitrogens with one attached hydrogen (secondary N) is 1. The molecule has 2 rings (SSSR count). The maximum Gasteiger partial charge on any atom is 0.257 e. The molecular formula is C13H17ClN4OS. The van der Waals surface area contributed by atoms with E-state index in [9.17, 15) is 4.79 Å². The molecule has 0 saturated heterocycles. The maximum absolute atomic E-state index is 12.0. The zero-order valence-electron chi connectivity index (χ0n) is 11.5. The van der Waals surface area contributed by atoms with Crippen molar-refractivity contribution in [3.8, 4) is 0 Å². The third-order valence-corrected chi connectivity index (χ3v) is 3.72. The predicted molar refractivity (Wildman–Crippen MR) is 84.7 cm³/mol. The molecular weight excluding hydrogens is 296 g/mol. The summed E-state index contributed by atoms with van der Waals surface area (Å²) < 4.78 is 0. The van der Waals surface area contributed by atoms with Crippen molar-refractivity contribution in [2.45, 2.75) is 26.2 Å². The number of rotatable bonds is 2. The van der Waals surface area contributed by atoms with Crippen LogP contribution in [0.5, 0.6) is 0 Å². The first-order valence-electron chi connectivity index (χ1n) is 5.87. The van der Waals surface area contributed by atoms with E-state index in [1.165, 1.54) is 11.3 Å². The standard InChI is InChI=1S/C13H16N4OS.ClH/c1-13(2,3)11-16-17-12(19-11)15-10(18)8-4-6-9(14)7-5-8;/h4-7H,14H2,1-3H3,(H,15,17,18);1H. The van der Waals surface area contributed by atoms with Gasteiger partial charge in [0.1, 0.15) is 5.01 Å². The van der Waals surface area contributed by atoms with Crippen LogP contribution < -0.4 is 11.1 Å². The lowest BCUT2D eigenvalue weighted by Crippen LogP contribution is -2.11. The second-order valence-corrected chi connectivity index (χ2v) is 6.22. The van der Waals surface area contributed by atoms with E-state index in [1.54, 1.807) is 24.3 Å². The van der Waals surface area contributed by atoms with Crippen LogP contribution in [-0.2, 0) is 5.41 Å². The number of aromatic nitrogens is 2. The molecule has 1 amide bonds. The summed E-state index contributed by atoms with van der Waals surface area (Å²) in [5.41, 5.74) is 6.68. The van der Waals surface area contributed by atoms with Crippen LogP contribution in [-0.4, -0.2) is 16.1 Å². The molecule has 20 heavy (non-hydrogen) atoms. The van der Waals surface area contributed by atoms with E-state index >= 15 is 0 Å². The summed E-state index contributed by atoms with van der Waals surface area (Å²) in [5, 5.41) is 12.2. The van der Waals surface area contributed by atoms with E-state index in [0.717, 1.165) is 5.01 Å². The predicted octanol–water partition coefficient (Wildman–Crippen LogP) is 3.09.